The Morgan fingerprint density at radius 1 is 1.05 bits per heavy atom. The standard InChI is InChI=1S/C18H19N3/c1-12-6-4-11-16-17(12)20-18(19)21(16)15-10-5-8-13-7-2-3-9-14(13)15/h4-6,8,10-11H,2-3,7,9H2,1H3,(H2,19,20). The number of nitrogen functional groups attached to an aromatic ring is 1. The third-order valence-electron chi connectivity index (χ3n) is 4.52. The van der Waals surface area contributed by atoms with Crippen LogP contribution in [0, 0.1) is 6.92 Å². The molecule has 0 amide bonds. The minimum absolute atomic E-state index is 0.582. The zero-order chi connectivity index (χ0) is 14.4. The summed E-state index contributed by atoms with van der Waals surface area (Å²) in [4.78, 5) is 4.58. The van der Waals surface area contributed by atoms with E-state index in [9.17, 15) is 0 Å². The highest BCUT2D eigenvalue weighted by atomic mass is 15.2. The van der Waals surface area contributed by atoms with Crippen molar-refractivity contribution < 1.29 is 0 Å². The topological polar surface area (TPSA) is 43.8 Å². The summed E-state index contributed by atoms with van der Waals surface area (Å²) in [5.41, 5.74) is 13.6. The maximum atomic E-state index is 6.24. The smallest absolute Gasteiger partial charge is 0.205 e. The SMILES string of the molecule is Cc1cccc2c1nc(N)n2-c1cccc2c1CCCC2. The molecule has 3 nitrogen and oxygen atoms in total. The van der Waals surface area contributed by atoms with Crippen LogP contribution in [0.25, 0.3) is 16.7 Å². The van der Waals surface area contributed by atoms with E-state index < -0.39 is 0 Å². The van der Waals surface area contributed by atoms with Crippen LogP contribution in [0.5, 0.6) is 0 Å². The fourth-order valence-electron chi connectivity index (χ4n) is 3.48. The third-order valence-corrected chi connectivity index (χ3v) is 4.52. The first kappa shape index (κ1) is 12.5. The Labute approximate surface area is 124 Å². The van der Waals surface area contributed by atoms with Crippen molar-refractivity contribution in [1.82, 2.24) is 9.55 Å². The van der Waals surface area contributed by atoms with Gasteiger partial charge in [0, 0.05) is 0 Å². The highest BCUT2D eigenvalue weighted by Crippen LogP contribution is 2.31. The first-order valence-corrected chi connectivity index (χ1v) is 7.60. The molecule has 0 saturated heterocycles. The maximum Gasteiger partial charge on any atom is 0.205 e. The van der Waals surface area contributed by atoms with Crippen LogP contribution in [0.4, 0.5) is 5.95 Å². The molecule has 0 radical (unpaired) electrons. The molecular weight excluding hydrogens is 258 g/mol. The summed E-state index contributed by atoms with van der Waals surface area (Å²) in [5.74, 6) is 0.582. The van der Waals surface area contributed by atoms with Gasteiger partial charge >= 0.3 is 0 Å². The van der Waals surface area contributed by atoms with Gasteiger partial charge in [0.05, 0.1) is 16.7 Å². The summed E-state index contributed by atoms with van der Waals surface area (Å²) < 4.78 is 2.12. The molecule has 1 heterocycles. The Morgan fingerprint density at radius 2 is 1.86 bits per heavy atom. The Hall–Kier alpha value is -2.29. The number of rotatable bonds is 1. The number of benzene rings is 2. The summed E-state index contributed by atoms with van der Waals surface area (Å²) in [6, 6.07) is 12.8. The number of para-hydroxylation sites is 1. The van der Waals surface area contributed by atoms with Crippen LogP contribution < -0.4 is 5.73 Å². The lowest BCUT2D eigenvalue weighted by Gasteiger charge is -2.20. The second-order valence-electron chi connectivity index (χ2n) is 5.87. The lowest BCUT2D eigenvalue weighted by Crippen LogP contribution is -2.09. The number of nitrogens with zero attached hydrogens (tertiary/aromatic N) is 2. The molecule has 21 heavy (non-hydrogen) atoms. The van der Waals surface area contributed by atoms with Gasteiger partial charge in [0.2, 0.25) is 5.95 Å². The largest absolute Gasteiger partial charge is 0.369 e. The quantitative estimate of drug-likeness (QED) is 0.735. The Bertz CT molecular complexity index is 830. The van der Waals surface area contributed by atoms with Crippen molar-refractivity contribution in [3.05, 3.63) is 53.1 Å². The van der Waals surface area contributed by atoms with E-state index in [-0.39, 0.29) is 0 Å². The number of nitrogens with two attached hydrogens (primary N) is 1. The molecule has 4 rings (SSSR count). The van der Waals surface area contributed by atoms with Crippen molar-refractivity contribution in [2.24, 2.45) is 0 Å². The lowest BCUT2D eigenvalue weighted by atomic mass is 9.90. The first-order valence-electron chi connectivity index (χ1n) is 7.60. The van der Waals surface area contributed by atoms with Crippen LogP contribution in [0.15, 0.2) is 36.4 Å². The van der Waals surface area contributed by atoms with Gasteiger partial charge in [-0.1, -0.05) is 24.3 Å². The molecule has 0 fully saturated rings. The lowest BCUT2D eigenvalue weighted by molar-refractivity contribution is 0.682. The van der Waals surface area contributed by atoms with Gasteiger partial charge in [-0.05, 0) is 61.4 Å². The van der Waals surface area contributed by atoms with Crippen molar-refractivity contribution in [1.29, 1.82) is 0 Å². The third kappa shape index (κ3) is 1.84. The monoisotopic (exact) mass is 277 g/mol. The molecule has 0 spiro atoms. The summed E-state index contributed by atoms with van der Waals surface area (Å²) in [6.45, 7) is 2.08. The normalized spacial score (nSPS) is 14.3. The van der Waals surface area contributed by atoms with Gasteiger partial charge in [-0.2, -0.15) is 0 Å². The molecule has 3 heteroatoms. The van der Waals surface area contributed by atoms with Crippen molar-refractivity contribution in [3.63, 3.8) is 0 Å². The minimum Gasteiger partial charge on any atom is -0.369 e. The van der Waals surface area contributed by atoms with Crippen LogP contribution in [0.1, 0.15) is 29.5 Å². The molecule has 1 aliphatic carbocycles. The summed E-state index contributed by atoms with van der Waals surface area (Å²) in [6.07, 6.45) is 4.86. The molecule has 1 aromatic heterocycles. The van der Waals surface area contributed by atoms with Crippen molar-refractivity contribution in [2.75, 3.05) is 5.73 Å². The summed E-state index contributed by atoms with van der Waals surface area (Å²) >= 11 is 0. The summed E-state index contributed by atoms with van der Waals surface area (Å²) in [7, 11) is 0. The number of imidazole rings is 1. The molecular formula is C18H19N3. The van der Waals surface area contributed by atoms with Crippen molar-refractivity contribution in [3.8, 4) is 5.69 Å². The van der Waals surface area contributed by atoms with Crippen LogP contribution >= 0.6 is 0 Å². The molecule has 0 saturated carbocycles. The molecule has 2 N–H and O–H groups in total. The Balaban J connectivity index is 2.03. The fourth-order valence-corrected chi connectivity index (χ4v) is 3.48. The van der Waals surface area contributed by atoms with Crippen LogP contribution in [0.3, 0.4) is 0 Å². The van der Waals surface area contributed by atoms with Crippen LogP contribution in [-0.2, 0) is 12.8 Å². The first-order chi connectivity index (χ1) is 10.3. The van der Waals surface area contributed by atoms with Crippen LogP contribution in [0.2, 0.25) is 0 Å². The Kier molecular flexibility index (Phi) is 2.74. The predicted molar refractivity (Wildman–Crippen MR) is 86.9 cm³/mol. The van der Waals surface area contributed by atoms with Crippen LogP contribution in [-0.4, -0.2) is 9.55 Å². The van der Waals surface area contributed by atoms with E-state index in [2.05, 4.69) is 52.9 Å². The van der Waals surface area contributed by atoms with E-state index in [0.717, 1.165) is 17.5 Å². The fraction of sp³-hybridized carbons (Fsp3) is 0.278. The molecule has 106 valence electrons. The van der Waals surface area contributed by atoms with Gasteiger partial charge in [-0.25, -0.2) is 4.98 Å². The van der Waals surface area contributed by atoms with Gasteiger partial charge in [-0.15, -0.1) is 0 Å². The second-order valence-corrected chi connectivity index (χ2v) is 5.87. The van der Waals surface area contributed by atoms with E-state index in [1.54, 1.807) is 0 Å². The number of anilines is 1. The molecule has 0 bridgehead atoms. The van der Waals surface area contributed by atoms with Gasteiger partial charge < -0.3 is 5.73 Å². The van der Waals surface area contributed by atoms with Crippen molar-refractivity contribution >= 4 is 17.0 Å². The van der Waals surface area contributed by atoms with Gasteiger partial charge in [0.15, 0.2) is 0 Å². The highest BCUT2D eigenvalue weighted by Gasteiger charge is 2.18. The maximum absolute atomic E-state index is 6.24. The number of aromatic nitrogens is 2. The average molecular weight is 277 g/mol. The van der Waals surface area contributed by atoms with Gasteiger partial charge in [-0.3, -0.25) is 4.57 Å². The van der Waals surface area contributed by atoms with Gasteiger partial charge in [0.25, 0.3) is 0 Å². The molecule has 0 atom stereocenters. The average Bonchev–Trinajstić information content (AvgIpc) is 2.84. The number of hydrogen-bond acceptors (Lipinski definition) is 2. The van der Waals surface area contributed by atoms with Gasteiger partial charge in [0.1, 0.15) is 0 Å². The van der Waals surface area contributed by atoms with E-state index >= 15 is 0 Å². The van der Waals surface area contributed by atoms with Crippen molar-refractivity contribution in [2.45, 2.75) is 32.6 Å². The molecule has 3 aromatic rings. The minimum atomic E-state index is 0.582. The zero-order valence-electron chi connectivity index (χ0n) is 12.3. The Morgan fingerprint density at radius 3 is 2.76 bits per heavy atom. The number of fused-ring (bicyclic) bond motifs is 2. The number of aryl methyl sites for hydroxylation is 2. The highest BCUT2D eigenvalue weighted by molar-refractivity contribution is 5.84. The molecule has 0 aliphatic heterocycles. The van der Waals surface area contributed by atoms with E-state index in [1.807, 2.05) is 0 Å². The molecule has 2 aromatic carbocycles. The summed E-state index contributed by atoms with van der Waals surface area (Å²) in [5, 5.41) is 0. The van der Waals surface area contributed by atoms with E-state index in [4.69, 9.17) is 5.73 Å². The molecule has 0 unspecified atom stereocenters. The zero-order valence-corrected chi connectivity index (χ0v) is 12.3. The van der Waals surface area contributed by atoms with E-state index in [0.29, 0.717) is 5.95 Å². The van der Waals surface area contributed by atoms with E-state index in [1.165, 1.54) is 41.6 Å². The predicted octanol–water partition coefficient (Wildman–Crippen LogP) is 3.79. The second kappa shape index (κ2) is 4.62. The molecule has 1 aliphatic rings. The number of hydrogen-bond donors (Lipinski definition) is 1.